The molecular formula is C21H25ClN2O4S. The Bertz CT molecular complexity index is 955. The van der Waals surface area contributed by atoms with Gasteiger partial charge in [-0.3, -0.25) is 4.79 Å². The lowest BCUT2D eigenvalue weighted by molar-refractivity contribution is -0.121. The van der Waals surface area contributed by atoms with Gasteiger partial charge < -0.3 is 10.1 Å². The Morgan fingerprint density at radius 2 is 1.76 bits per heavy atom. The van der Waals surface area contributed by atoms with Gasteiger partial charge in [-0.05, 0) is 54.7 Å². The summed E-state index contributed by atoms with van der Waals surface area (Å²) in [7, 11) is -1.85. The molecule has 0 saturated carbocycles. The van der Waals surface area contributed by atoms with Crippen molar-refractivity contribution in [3.05, 3.63) is 58.6 Å². The minimum absolute atomic E-state index is 0.0781. The number of hydrogen-bond acceptors (Lipinski definition) is 4. The van der Waals surface area contributed by atoms with Crippen molar-refractivity contribution in [3.8, 4) is 5.75 Å². The van der Waals surface area contributed by atoms with E-state index in [-0.39, 0.29) is 5.91 Å². The fourth-order valence-electron chi connectivity index (χ4n) is 3.27. The highest BCUT2D eigenvalue weighted by molar-refractivity contribution is 7.89. The second kappa shape index (κ2) is 9.61. The van der Waals surface area contributed by atoms with E-state index in [2.05, 4.69) is 5.32 Å². The Balaban J connectivity index is 1.49. The highest BCUT2D eigenvalue weighted by atomic mass is 35.5. The summed E-state index contributed by atoms with van der Waals surface area (Å²) in [6.07, 6.45) is 2.73. The summed E-state index contributed by atoms with van der Waals surface area (Å²) in [5.41, 5.74) is 1.81. The Kier molecular flexibility index (Phi) is 7.16. The van der Waals surface area contributed by atoms with Gasteiger partial charge in [0.2, 0.25) is 15.9 Å². The molecule has 2 aromatic carbocycles. The molecular weight excluding hydrogens is 412 g/mol. The summed E-state index contributed by atoms with van der Waals surface area (Å²) < 4.78 is 31.7. The van der Waals surface area contributed by atoms with Crippen molar-refractivity contribution in [3.63, 3.8) is 0 Å². The van der Waals surface area contributed by atoms with Crippen LogP contribution in [0.4, 0.5) is 0 Å². The third-order valence-electron chi connectivity index (χ3n) is 4.97. The fraction of sp³-hybridized carbons (Fsp3) is 0.381. The molecule has 8 heteroatoms. The molecule has 1 N–H and O–H groups in total. The van der Waals surface area contributed by atoms with E-state index < -0.39 is 10.0 Å². The van der Waals surface area contributed by atoms with Gasteiger partial charge >= 0.3 is 0 Å². The zero-order valence-electron chi connectivity index (χ0n) is 16.4. The summed E-state index contributed by atoms with van der Waals surface area (Å²) >= 11 is 6.10. The molecule has 1 aliphatic heterocycles. The number of carbonyl (C=O) groups excluding carboxylic acids is 1. The van der Waals surface area contributed by atoms with Crippen molar-refractivity contribution in [2.45, 2.75) is 37.1 Å². The quantitative estimate of drug-likeness (QED) is 0.688. The third kappa shape index (κ3) is 5.50. The third-order valence-corrected chi connectivity index (χ3v) is 7.18. The summed E-state index contributed by atoms with van der Waals surface area (Å²) in [4.78, 5) is 12.4. The first-order valence-corrected chi connectivity index (χ1v) is 11.4. The highest BCUT2D eigenvalue weighted by Gasteiger charge is 2.26. The van der Waals surface area contributed by atoms with Gasteiger partial charge in [-0.15, -0.1) is 0 Å². The largest absolute Gasteiger partial charge is 0.495 e. The van der Waals surface area contributed by atoms with Crippen LogP contribution in [0.3, 0.4) is 0 Å². The van der Waals surface area contributed by atoms with Gasteiger partial charge in [-0.25, -0.2) is 8.42 Å². The first kappa shape index (κ1) is 21.6. The molecule has 1 heterocycles. The number of amides is 1. The molecule has 1 aliphatic rings. The van der Waals surface area contributed by atoms with E-state index in [1.54, 1.807) is 43.5 Å². The number of rotatable bonds is 8. The number of methoxy groups -OCH3 is 1. The van der Waals surface area contributed by atoms with Crippen LogP contribution < -0.4 is 10.1 Å². The van der Waals surface area contributed by atoms with Crippen LogP contribution in [0, 0.1) is 0 Å². The van der Waals surface area contributed by atoms with Crippen molar-refractivity contribution < 1.29 is 17.9 Å². The van der Waals surface area contributed by atoms with E-state index in [4.69, 9.17) is 16.3 Å². The van der Waals surface area contributed by atoms with Gasteiger partial charge in [0, 0.05) is 26.1 Å². The minimum Gasteiger partial charge on any atom is -0.495 e. The molecule has 0 aliphatic carbocycles. The number of halogens is 1. The molecule has 1 fully saturated rings. The number of carbonyl (C=O) groups is 1. The lowest BCUT2D eigenvalue weighted by Gasteiger charge is -2.15. The number of ether oxygens (including phenoxy) is 1. The van der Waals surface area contributed by atoms with E-state index in [0.717, 1.165) is 24.0 Å². The van der Waals surface area contributed by atoms with Crippen molar-refractivity contribution in [2.24, 2.45) is 0 Å². The van der Waals surface area contributed by atoms with Crippen LogP contribution in [0.15, 0.2) is 47.4 Å². The van der Waals surface area contributed by atoms with Crippen molar-refractivity contribution in [1.29, 1.82) is 0 Å². The SMILES string of the molecule is COc1ccc(CCC(=O)NCc2ccc(S(=O)(=O)N3CCCC3)cc2)cc1Cl. The standard InChI is InChI=1S/C21H25ClN2O4S/c1-28-20-10-6-16(14-19(20)22)7-11-21(25)23-15-17-4-8-18(9-5-17)29(26,27)24-12-2-3-13-24/h4-6,8-10,14H,2-3,7,11-13,15H2,1H3,(H,23,25). The number of nitrogens with zero attached hydrogens (tertiary/aromatic N) is 1. The Labute approximate surface area is 176 Å². The Morgan fingerprint density at radius 3 is 2.38 bits per heavy atom. The molecule has 0 aromatic heterocycles. The van der Waals surface area contributed by atoms with Crippen LogP contribution in [0.2, 0.25) is 5.02 Å². The molecule has 0 atom stereocenters. The van der Waals surface area contributed by atoms with E-state index in [0.29, 0.717) is 48.1 Å². The lowest BCUT2D eigenvalue weighted by Crippen LogP contribution is -2.28. The molecule has 156 valence electrons. The molecule has 29 heavy (non-hydrogen) atoms. The lowest BCUT2D eigenvalue weighted by atomic mass is 10.1. The van der Waals surface area contributed by atoms with E-state index in [1.807, 2.05) is 6.07 Å². The van der Waals surface area contributed by atoms with Gasteiger partial charge in [0.25, 0.3) is 0 Å². The molecule has 1 amide bonds. The van der Waals surface area contributed by atoms with Crippen LogP contribution in [-0.2, 0) is 27.8 Å². The first-order chi connectivity index (χ1) is 13.9. The van der Waals surface area contributed by atoms with Crippen LogP contribution in [0.5, 0.6) is 5.75 Å². The van der Waals surface area contributed by atoms with E-state index in [1.165, 1.54) is 4.31 Å². The molecule has 3 rings (SSSR count). The maximum atomic E-state index is 12.5. The van der Waals surface area contributed by atoms with Gasteiger partial charge in [0.1, 0.15) is 5.75 Å². The second-order valence-corrected chi connectivity index (χ2v) is 9.35. The number of benzene rings is 2. The molecule has 2 aromatic rings. The molecule has 1 saturated heterocycles. The fourth-order valence-corrected chi connectivity index (χ4v) is 5.07. The topological polar surface area (TPSA) is 75.7 Å². The van der Waals surface area contributed by atoms with E-state index in [9.17, 15) is 13.2 Å². The van der Waals surface area contributed by atoms with Gasteiger partial charge in [-0.2, -0.15) is 4.31 Å². The van der Waals surface area contributed by atoms with Gasteiger partial charge in [0.05, 0.1) is 17.0 Å². The number of hydrogen-bond donors (Lipinski definition) is 1. The minimum atomic E-state index is -3.41. The van der Waals surface area contributed by atoms with Crippen LogP contribution >= 0.6 is 11.6 Å². The molecule has 6 nitrogen and oxygen atoms in total. The summed E-state index contributed by atoms with van der Waals surface area (Å²) in [6, 6.07) is 12.2. The monoisotopic (exact) mass is 436 g/mol. The molecule has 0 radical (unpaired) electrons. The summed E-state index contributed by atoms with van der Waals surface area (Å²) in [5.74, 6) is 0.528. The van der Waals surface area contributed by atoms with Gasteiger partial charge in [0.15, 0.2) is 0 Å². The zero-order chi connectivity index (χ0) is 20.9. The average molecular weight is 437 g/mol. The van der Waals surface area contributed by atoms with Crippen molar-refractivity contribution in [1.82, 2.24) is 9.62 Å². The second-order valence-electron chi connectivity index (χ2n) is 7.00. The number of sulfonamides is 1. The summed E-state index contributed by atoms with van der Waals surface area (Å²) in [5, 5.41) is 3.39. The van der Waals surface area contributed by atoms with Crippen LogP contribution in [-0.4, -0.2) is 38.8 Å². The van der Waals surface area contributed by atoms with E-state index >= 15 is 0 Å². The molecule has 0 spiro atoms. The number of aryl methyl sites for hydroxylation is 1. The summed E-state index contributed by atoms with van der Waals surface area (Å²) in [6.45, 7) is 1.52. The van der Waals surface area contributed by atoms with Crippen molar-refractivity contribution in [2.75, 3.05) is 20.2 Å². The predicted octanol–water partition coefficient (Wildman–Crippen LogP) is 3.38. The van der Waals surface area contributed by atoms with Crippen molar-refractivity contribution >= 4 is 27.5 Å². The zero-order valence-corrected chi connectivity index (χ0v) is 17.9. The first-order valence-electron chi connectivity index (χ1n) is 9.58. The highest BCUT2D eigenvalue weighted by Crippen LogP contribution is 2.25. The van der Waals surface area contributed by atoms with Crippen LogP contribution in [0.25, 0.3) is 0 Å². The van der Waals surface area contributed by atoms with Crippen LogP contribution in [0.1, 0.15) is 30.4 Å². The smallest absolute Gasteiger partial charge is 0.243 e. The maximum Gasteiger partial charge on any atom is 0.243 e. The Hall–Kier alpha value is -2.09. The normalized spacial score (nSPS) is 14.7. The van der Waals surface area contributed by atoms with Gasteiger partial charge in [-0.1, -0.05) is 29.8 Å². The Morgan fingerprint density at radius 1 is 1.10 bits per heavy atom. The number of nitrogens with one attached hydrogen (secondary N) is 1. The maximum absolute atomic E-state index is 12.5. The predicted molar refractivity (Wildman–Crippen MR) is 113 cm³/mol. The average Bonchev–Trinajstić information content (AvgIpc) is 3.27. The molecule has 0 unspecified atom stereocenters. The molecule has 0 bridgehead atoms.